The number of nitrogens with one attached hydrogen (secondary N) is 1. The molecule has 0 aliphatic heterocycles. The highest BCUT2D eigenvalue weighted by molar-refractivity contribution is 5.67. The average Bonchev–Trinajstić information content (AvgIpc) is 3.39. The lowest BCUT2D eigenvalue weighted by atomic mass is 10.0. The van der Waals surface area contributed by atoms with Gasteiger partial charge in [-0.1, -0.05) is 23.4 Å². The van der Waals surface area contributed by atoms with E-state index in [0.29, 0.717) is 35.1 Å². The highest BCUT2D eigenvalue weighted by Gasteiger charge is 2.26. The van der Waals surface area contributed by atoms with Gasteiger partial charge in [-0.3, -0.25) is 0 Å². The van der Waals surface area contributed by atoms with Gasteiger partial charge in [-0.25, -0.2) is 4.39 Å². The number of nitriles is 1. The maximum atomic E-state index is 12.5. The van der Waals surface area contributed by atoms with Gasteiger partial charge in [0.05, 0.1) is 11.7 Å². The zero-order chi connectivity index (χ0) is 21.1. The van der Waals surface area contributed by atoms with Gasteiger partial charge in [-0.15, -0.1) is 0 Å². The minimum Gasteiger partial charge on any atom is -0.490 e. The van der Waals surface area contributed by atoms with Crippen molar-refractivity contribution in [2.75, 3.05) is 13.2 Å². The molecule has 1 N–H and O–H groups in total. The third kappa shape index (κ3) is 3.91. The molecular formula is C23H23FN4O2. The Hall–Kier alpha value is -3.24. The van der Waals surface area contributed by atoms with Crippen molar-refractivity contribution in [2.45, 2.75) is 38.8 Å². The third-order valence-corrected chi connectivity index (χ3v) is 5.13. The van der Waals surface area contributed by atoms with Gasteiger partial charge in [0.2, 0.25) is 5.82 Å². The molecule has 0 unspecified atom stereocenters. The number of hydrogen-bond acceptors (Lipinski definition) is 6. The van der Waals surface area contributed by atoms with Crippen molar-refractivity contribution in [3.63, 3.8) is 0 Å². The van der Waals surface area contributed by atoms with Crippen LogP contribution in [0.3, 0.4) is 0 Å². The fraction of sp³-hybridized carbons (Fsp3) is 0.348. The van der Waals surface area contributed by atoms with Crippen LogP contribution in [0.15, 0.2) is 40.9 Å². The Morgan fingerprint density at radius 1 is 1.33 bits per heavy atom. The summed E-state index contributed by atoms with van der Waals surface area (Å²) in [5, 5.41) is 16.9. The summed E-state index contributed by atoms with van der Waals surface area (Å²) in [4.78, 5) is 4.57. The van der Waals surface area contributed by atoms with Crippen molar-refractivity contribution < 1.29 is 13.7 Å². The van der Waals surface area contributed by atoms with Crippen LogP contribution in [0.25, 0.3) is 22.8 Å². The van der Waals surface area contributed by atoms with Crippen molar-refractivity contribution in [3.05, 3.63) is 53.1 Å². The molecule has 0 bridgehead atoms. The minimum atomic E-state index is -0.384. The number of benzene rings is 2. The van der Waals surface area contributed by atoms with Crippen LogP contribution in [0.1, 0.15) is 43.0 Å². The molecule has 4 rings (SSSR count). The molecule has 154 valence electrons. The normalized spacial score (nSPS) is 15.2. The van der Waals surface area contributed by atoms with Gasteiger partial charge in [-0.05, 0) is 56.0 Å². The summed E-state index contributed by atoms with van der Waals surface area (Å²) in [7, 11) is 0. The van der Waals surface area contributed by atoms with Crippen molar-refractivity contribution in [1.29, 1.82) is 5.26 Å². The number of aromatic nitrogens is 2. The second-order valence-electron chi connectivity index (χ2n) is 7.52. The molecule has 0 amide bonds. The fourth-order valence-corrected chi connectivity index (χ4v) is 3.86. The Balaban J connectivity index is 1.63. The van der Waals surface area contributed by atoms with E-state index in [9.17, 15) is 9.65 Å². The van der Waals surface area contributed by atoms with Crippen LogP contribution in [0, 0.1) is 11.3 Å². The number of halogens is 1. The number of rotatable bonds is 7. The molecule has 1 heterocycles. The molecule has 1 aliphatic carbocycles. The molecule has 1 atom stereocenters. The lowest BCUT2D eigenvalue weighted by Crippen LogP contribution is -2.21. The van der Waals surface area contributed by atoms with Gasteiger partial charge >= 0.3 is 0 Å². The standard InChI is InChI=1S/C23H23FN4O2/c1-14(2)29-21-9-6-15(12-16(21)13-25)23-27-22(28-30-23)19-5-3-4-18-17(19)7-8-20(18)26-11-10-24/h3-6,9,12,14,20,26H,7-8,10-11H2,1-2H3/t20-/m1/s1. The Bertz CT molecular complexity index is 1090. The van der Waals surface area contributed by atoms with Gasteiger partial charge in [0.25, 0.3) is 5.89 Å². The van der Waals surface area contributed by atoms with E-state index in [-0.39, 0.29) is 18.8 Å². The Kier molecular flexibility index (Phi) is 5.77. The highest BCUT2D eigenvalue weighted by Crippen LogP contribution is 2.37. The molecule has 0 spiro atoms. The van der Waals surface area contributed by atoms with Crippen LogP contribution >= 0.6 is 0 Å². The van der Waals surface area contributed by atoms with E-state index < -0.39 is 0 Å². The maximum absolute atomic E-state index is 12.5. The molecule has 1 aromatic heterocycles. The van der Waals surface area contributed by atoms with E-state index in [1.54, 1.807) is 12.1 Å². The number of fused-ring (bicyclic) bond motifs is 1. The van der Waals surface area contributed by atoms with E-state index >= 15 is 0 Å². The molecule has 0 saturated heterocycles. The lowest BCUT2D eigenvalue weighted by Gasteiger charge is -2.13. The number of ether oxygens (including phenoxy) is 1. The van der Waals surface area contributed by atoms with Crippen molar-refractivity contribution in [3.8, 4) is 34.7 Å². The predicted molar refractivity (Wildman–Crippen MR) is 111 cm³/mol. The number of nitrogens with zero attached hydrogens (tertiary/aromatic N) is 3. The molecule has 6 nitrogen and oxygen atoms in total. The summed E-state index contributed by atoms with van der Waals surface area (Å²) in [5.41, 5.74) is 4.33. The van der Waals surface area contributed by atoms with Crippen LogP contribution in [0.4, 0.5) is 4.39 Å². The summed E-state index contributed by atoms with van der Waals surface area (Å²) in [6.07, 6.45) is 1.76. The summed E-state index contributed by atoms with van der Waals surface area (Å²) < 4.78 is 23.7. The first-order chi connectivity index (χ1) is 14.6. The van der Waals surface area contributed by atoms with E-state index in [1.165, 1.54) is 5.56 Å². The smallest absolute Gasteiger partial charge is 0.258 e. The summed E-state index contributed by atoms with van der Waals surface area (Å²) in [6.45, 7) is 3.79. The van der Waals surface area contributed by atoms with Crippen molar-refractivity contribution in [1.82, 2.24) is 15.5 Å². The summed E-state index contributed by atoms with van der Waals surface area (Å²) in [5.74, 6) is 1.39. The third-order valence-electron chi connectivity index (χ3n) is 5.13. The molecule has 0 radical (unpaired) electrons. The van der Waals surface area contributed by atoms with Crippen LogP contribution in [0.5, 0.6) is 5.75 Å². The maximum Gasteiger partial charge on any atom is 0.258 e. The predicted octanol–water partition coefficient (Wildman–Crippen LogP) is 4.61. The van der Waals surface area contributed by atoms with E-state index in [4.69, 9.17) is 9.26 Å². The van der Waals surface area contributed by atoms with Gasteiger partial charge in [0, 0.05) is 23.7 Å². The van der Waals surface area contributed by atoms with Crippen LogP contribution in [-0.4, -0.2) is 29.5 Å². The molecule has 0 fully saturated rings. The Morgan fingerprint density at radius 3 is 2.97 bits per heavy atom. The first-order valence-electron chi connectivity index (χ1n) is 10.1. The van der Waals surface area contributed by atoms with Gasteiger partial charge in [-0.2, -0.15) is 10.2 Å². The first-order valence-corrected chi connectivity index (χ1v) is 10.1. The Labute approximate surface area is 174 Å². The molecule has 30 heavy (non-hydrogen) atoms. The zero-order valence-corrected chi connectivity index (χ0v) is 17.0. The quantitative estimate of drug-likeness (QED) is 0.617. The SMILES string of the molecule is CC(C)Oc1ccc(-c2nc(-c3cccc4c3CC[C@H]4NCCF)no2)cc1C#N. The van der Waals surface area contributed by atoms with Crippen LogP contribution < -0.4 is 10.1 Å². The van der Waals surface area contributed by atoms with Crippen LogP contribution in [-0.2, 0) is 6.42 Å². The monoisotopic (exact) mass is 406 g/mol. The fourth-order valence-electron chi connectivity index (χ4n) is 3.86. The first kappa shape index (κ1) is 20.0. The van der Waals surface area contributed by atoms with Gasteiger partial charge in [0.1, 0.15) is 18.5 Å². The molecule has 2 aromatic carbocycles. The molecule has 3 aromatic rings. The summed E-state index contributed by atoms with van der Waals surface area (Å²) in [6, 6.07) is 13.6. The van der Waals surface area contributed by atoms with Crippen molar-refractivity contribution in [2.24, 2.45) is 0 Å². The van der Waals surface area contributed by atoms with E-state index in [0.717, 1.165) is 24.0 Å². The lowest BCUT2D eigenvalue weighted by molar-refractivity contribution is 0.241. The topological polar surface area (TPSA) is 84.0 Å². The Morgan fingerprint density at radius 2 is 2.20 bits per heavy atom. The summed E-state index contributed by atoms with van der Waals surface area (Å²) >= 11 is 0. The molecular weight excluding hydrogens is 383 g/mol. The van der Waals surface area contributed by atoms with Crippen molar-refractivity contribution >= 4 is 0 Å². The average molecular weight is 406 g/mol. The number of hydrogen-bond donors (Lipinski definition) is 1. The van der Waals surface area contributed by atoms with Gasteiger partial charge in [0.15, 0.2) is 0 Å². The van der Waals surface area contributed by atoms with Gasteiger partial charge < -0.3 is 14.6 Å². The van der Waals surface area contributed by atoms with E-state index in [1.807, 2.05) is 32.0 Å². The second-order valence-corrected chi connectivity index (χ2v) is 7.52. The molecule has 7 heteroatoms. The molecule has 0 saturated carbocycles. The van der Waals surface area contributed by atoms with E-state index in [2.05, 4.69) is 27.6 Å². The zero-order valence-electron chi connectivity index (χ0n) is 17.0. The second kappa shape index (κ2) is 8.64. The highest BCUT2D eigenvalue weighted by atomic mass is 19.1. The largest absolute Gasteiger partial charge is 0.490 e. The minimum absolute atomic E-state index is 0.0265. The number of alkyl halides is 1. The van der Waals surface area contributed by atoms with Crippen LogP contribution in [0.2, 0.25) is 0 Å². The molecule has 1 aliphatic rings.